The van der Waals surface area contributed by atoms with Gasteiger partial charge in [-0.2, -0.15) is 16.8 Å². The lowest BCUT2D eigenvalue weighted by atomic mass is 9.90. The lowest BCUT2D eigenvalue weighted by Crippen LogP contribution is -2.44. The molecule has 6 aromatic rings. The van der Waals surface area contributed by atoms with Gasteiger partial charge in [-0.05, 0) is 174 Å². The second kappa shape index (κ2) is 24.0. The largest absolute Gasteiger partial charge is 0.362 e. The fourth-order valence-electron chi connectivity index (χ4n) is 12.4. The first kappa shape index (κ1) is 62.2. The van der Waals surface area contributed by atoms with Crippen LogP contribution in [0.3, 0.4) is 0 Å². The van der Waals surface area contributed by atoms with Crippen molar-refractivity contribution in [3.63, 3.8) is 0 Å². The van der Waals surface area contributed by atoms with Gasteiger partial charge < -0.3 is 30.2 Å². The number of pyridine rings is 6. The van der Waals surface area contributed by atoms with Crippen molar-refractivity contribution in [1.82, 2.24) is 44.2 Å². The van der Waals surface area contributed by atoms with Gasteiger partial charge >= 0.3 is 0 Å². The van der Waals surface area contributed by atoms with Crippen LogP contribution in [0.5, 0.6) is 0 Å². The highest BCUT2D eigenvalue weighted by molar-refractivity contribution is 9.10. The van der Waals surface area contributed by atoms with Crippen molar-refractivity contribution in [2.75, 3.05) is 71.6 Å². The third-order valence-corrected chi connectivity index (χ3v) is 20.0. The molecule has 0 aromatic carbocycles. The molecule has 5 aliphatic rings. The molecule has 20 nitrogen and oxygen atoms in total. The lowest BCUT2D eigenvalue weighted by molar-refractivity contribution is 0.0972. The molecule has 6 aromatic heterocycles. The smallest absolute Gasteiger partial charge is 0.281 e. The van der Waals surface area contributed by atoms with Crippen LogP contribution in [-0.2, 0) is 30.9 Å². The normalized spacial score (nSPS) is 23.0. The first-order valence-corrected chi connectivity index (χ1v) is 33.4. The molecule has 0 radical (unpaired) electrons. The molecule has 3 saturated heterocycles. The zero-order valence-corrected chi connectivity index (χ0v) is 54.4. The summed E-state index contributed by atoms with van der Waals surface area (Å²) in [7, 11) is -6.41. The second-order valence-electron chi connectivity index (χ2n) is 26.9. The van der Waals surface area contributed by atoms with E-state index in [9.17, 15) is 26.4 Å². The van der Waals surface area contributed by atoms with Gasteiger partial charge in [-0.15, -0.1) is 0 Å². The Labute approximate surface area is 518 Å². The van der Waals surface area contributed by atoms with Crippen molar-refractivity contribution >= 4 is 76.9 Å². The number of nitrogens with zero attached hydrogens (tertiary/aromatic N) is 10. The zero-order chi connectivity index (χ0) is 61.7. The topological polar surface area (TPSA) is 241 Å². The number of anilines is 5. The van der Waals surface area contributed by atoms with Crippen LogP contribution < -0.4 is 34.8 Å². The van der Waals surface area contributed by atoms with E-state index in [1.807, 2.05) is 36.4 Å². The third kappa shape index (κ3) is 14.0. The van der Waals surface area contributed by atoms with Gasteiger partial charge in [0.2, 0.25) is 0 Å². The van der Waals surface area contributed by atoms with Crippen molar-refractivity contribution in [2.45, 2.75) is 152 Å². The van der Waals surface area contributed by atoms with Gasteiger partial charge in [-0.25, -0.2) is 39.3 Å². The number of carbonyl (C=O) groups excluding carboxylic acids is 2. The Morgan fingerprint density at radius 1 is 0.535 bits per heavy atom. The summed E-state index contributed by atoms with van der Waals surface area (Å²) < 4.78 is 59.1. The number of aromatic nitrogens is 6. The molecule has 0 unspecified atom stereocenters. The molecule has 5 aliphatic heterocycles. The Morgan fingerprint density at radius 3 is 1.41 bits per heavy atom. The Kier molecular flexibility index (Phi) is 17.4. The minimum Gasteiger partial charge on any atom is -0.362 e. The molecule has 0 spiro atoms. The Hall–Kier alpha value is -6.82. The predicted molar refractivity (Wildman–Crippen MR) is 344 cm³/mol. The van der Waals surface area contributed by atoms with Gasteiger partial charge in [0, 0.05) is 75.4 Å². The van der Waals surface area contributed by atoms with Gasteiger partial charge in [-0.1, -0.05) is 65.8 Å². The Bertz CT molecular complexity index is 3770. The van der Waals surface area contributed by atoms with Crippen molar-refractivity contribution in [3.8, 4) is 0 Å². The summed E-state index contributed by atoms with van der Waals surface area (Å²) in [5.41, 5.74) is 2.75. The van der Waals surface area contributed by atoms with Crippen LogP contribution in [0.25, 0.3) is 0 Å². The first-order chi connectivity index (χ1) is 40.4. The van der Waals surface area contributed by atoms with Gasteiger partial charge in [0.1, 0.15) is 33.7 Å². The van der Waals surface area contributed by atoms with Crippen LogP contribution >= 0.6 is 15.9 Å². The quantitative estimate of drug-likeness (QED) is 0.120. The Balaban J connectivity index is 0.000000225. The van der Waals surface area contributed by atoms with E-state index in [0.29, 0.717) is 48.2 Å². The fraction of sp³-hybridized carbons (Fsp3) is 0.492. The Morgan fingerprint density at radius 2 is 0.965 bits per heavy atom. The van der Waals surface area contributed by atoms with E-state index < -0.39 is 31.9 Å². The molecule has 11 rings (SSSR count). The minimum absolute atomic E-state index is 0. The average molecular weight is 1280 g/mol. The van der Waals surface area contributed by atoms with E-state index in [4.69, 9.17) is 15.0 Å². The van der Waals surface area contributed by atoms with Crippen molar-refractivity contribution < 1.29 is 29.3 Å². The maximum Gasteiger partial charge on any atom is 0.281 e. The fourth-order valence-corrected chi connectivity index (χ4v) is 14.6. The van der Waals surface area contributed by atoms with Crippen molar-refractivity contribution in [2.24, 2.45) is 11.8 Å². The highest BCUT2D eigenvalue weighted by atomic mass is 79.9. The van der Waals surface area contributed by atoms with Gasteiger partial charge in [0.25, 0.3) is 31.9 Å². The summed E-state index contributed by atoms with van der Waals surface area (Å²) in [5.74, 6) is 1.97. The SMILES string of the molecule is CC(C)(C)c1ccc2c(n1)N1C[C@@H](CC[C@H](c3cccc(Br)n3)Nc3cccc(n3)S(=O)(=O)NC2=O)CC1(C)C.CN1CCN(c2cccc([C@H]3CC[C@@H]4CN(c5nc(C(C)(C)C)ccc5C(=O)NS(=O)(=O)c5cccc(n5)N3)C(C)(C)C4)n2)CC1.[HH].[HH]. The number of piperazine rings is 1. The van der Waals surface area contributed by atoms with E-state index in [0.717, 1.165) is 97.9 Å². The predicted octanol–water partition coefficient (Wildman–Crippen LogP) is 10.7. The number of fused-ring (bicyclic) bond motifs is 12. The number of sulfonamides is 2. The van der Waals surface area contributed by atoms with Crippen LogP contribution in [0.4, 0.5) is 29.1 Å². The summed E-state index contributed by atoms with van der Waals surface area (Å²) in [6.45, 7) is 26.3. The van der Waals surface area contributed by atoms with E-state index in [2.05, 4.69) is 153 Å². The number of carbonyl (C=O) groups is 2. The molecule has 462 valence electrons. The van der Waals surface area contributed by atoms with Gasteiger partial charge in [0.05, 0.1) is 34.6 Å². The molecule has 3 fully saturated rings. The van der Waals surface area contributed by atoms with E-state index in [1.165, 1.54) is 12.1 Å². The highest BCUT2D eigenvalue weighted by Gasteiger charge is 2.44. The van der Waals surface area contributed by atoms with E-state index in [1.54, 1.807) is 42.5 Å². The monoisotopic (exact) mass is 1280 g/mol. The van der Waals surface area contributed by atoms with Crippen LogP contribution in [0.2, 0.25) is 0 Å². The summed E-state index contributed by atoms with van der Waals surface area (Å²) in [5, 5.41) is 6.43. The molecule has 2 amide bonds. The van der Waals surface area contributed by atoms with Crippen LogP contribution in [-0.4, -0.2) is 121 Å². The zero-order valence-electron chi connectivity index (χ0n) is 51.1. The third-order valence-electron chi connectivity index (χ3n) is 17.1. The number of likely N-dealkylation sites (N-methyl/N-ethyl adjacent to an activating group) is 1. The second-order valence-corrected chi connectivity index (χ2v) is 30.9. The van der Waals surface area contributed by atoms with Crippen molar-refractivity contribution in [3.05, 3.63) is 136 Å². The number of nitrogens with one attached hydrogen (secondary N) is 4. The van der Waals surface area contributed by atoms with E-state index >= 15 is 0 Å². The average Bonchev–Trinajstić information content (AvgIpc) is 1.74. The summed E-state index contributed by atoms with van der Waals surface area (Å²) >= 11 is 3.47. The molecular weight excluding hydrogens is 1190 g/mol. The molecule has 0 aliphatic carbocycles. The van der Waals surface area contributed by atoms with Crippen molar-refractivity contribution in [1.29, 1.82) is 0 Å². The lowest BCUT2D eigenvalue weighted by Gasteiger charge is -2.34. The number of halogens is 1. The standard InChI is InChI=1S/C34H46N8O3S.C29H35BrN6O3S.2H2/c1-33(2,3)27-16-14-24-31(37-27)42-22-23(21-34(42,4)5)13-15-26(25-9-7-11-29(36-25)41-19-17-40(6)18-20-41)35-28-10-8-12-30(38-28)46(44,45)39-32(24)43;1-28(2,3)22-15-13-19-26(33-22)36-17-18(16-29(36,4)5)12-14-21(20-8-6-9-23(30)31-20)32-24-10-7-11-25(34-24)40(38,39)35-27(19)37;;/h7-12,14,16,23,26H,13,15,17-22H2,1-6H3,(H,35,38)(H,39,43);6-11,13,15,18,21H,12,14,16-17H2,1-5H3,(H,32,34)(H,35,37);2*1H/t23-,26+;18-,21+;;/m00../s1. The molecule has 11 heterocycles. The molecule has 4 N–H and O–H groups in total. The number of amides is 2. The van der Waals surface area contributed by atoms with Crippen LogP contribution in [0, 0.1) is 11.8 Å². The highest BCUT2D eigenvalue weighted by Crippen LogP contribution is 2.44. The molecule has 4 atom stereocenters. The maximum atomic E-state index is 13.7. The van der Waals surface area contributed by atoms with Crippen LogP contribution in [0.1, 0.15) is 166 Å². The molecule has 86 heavy (non-hydrogen) atoms. The summed E-state index contributed by atoms with van der Waals surface area (Å²) in [6.07, 6.45) is 5.13. The summed E-state index contributed by atoms with van der Waals surface area (Å²) in [4.78, 5) is 64.9. The van der Waals surface area contributed by atoms with E-state index in [-0.39, 0.29) is 58.0 Å². The number of hydrogen-bond acceptors (Lipinski definition) is 18. The molecule has 8 bridgehead atoms. The molecule has 0 saturated carbocycles. The van der Waals surface area contributed by atoms with Gasteiger partial charge in [0.15, 0.2) is 10.1 Å². The summed E-state index contributed by atoms with van der Waals surface area (Å²) in [6, 6.07) is 28.0. The molecule has 23 heteroatoms. The molecular formula is C63H85BrN14O6S2. The first-order valence-electron chi connectivity index (χ1n) is 29.7. The van der Waals surface area contributed by atoms with Gasteiger partial charge in [-0.3, -0.25) is 9.59 Å². The number of hydrogen-bond donors (Lipinski definition) is 4. The minimum atomic E-state index is -4.28. The maximum absolute atomic E-state index is 13.7. The number of rotatable bonds is 3. The van der Waals surface area contributed by atoms with Crippen LogP contribution in [0.15, 0.2) is 112 Å².